The standard InChI is InChI=1S/C20H28N6O3/c1-13-5-6-15(11-14(13)2)16(25-21)17-22-18(26-7-9-28-10-8-26)24-19(23-17)29-12-20(3,4)27/h5-6,11,27H,7-10,12,21H2,1-4H3. The molecule has 1 aromatic carbocycles. The fraction of sp³-hybridized carbons (Fsp3) is 0.500. The van der Waals surface area contributed by atoms with Crippen molar-refractivity contribution < 1.29 is 14.6 Å². The molecule has 3 rings (SSSR count). The van der Waals surface area contributed by atoms with Gasteiger partial charge in [-0.25, -0.2) is 0 Å². The molecule has 1 aliphatic heterocycles. The summed E-state index contributed by atoms with van der Waals surface area (Å²) in [7, 11) is 0. The molecule has 156 valence electrons. The number of aryl methyl sites for hydroxylation is 2. The van der Waals surface area contributed by atoms with E-state index in [-0.39, 0.29) is 12.6 Å². The molecule has 0 spiro atoms. The summed E-state index contributed by atoms with van der Waals surface area (Å²) in [6.45, 7) is 9.92. The van der Waals surface area contributed by atoms with Crippen LogP contribution in [0.5, 0.6) is 6.01 Å². The van der Waals surface area contributed by atoms with Crippen molar-refractivity contribution in [2.24, 2.45) is 10.9 Å². The molecule has 0 saturated carbocycles. The Bertz CT molecular complexity index is 888. The summed E-state index contributed by atoms with van der Waals surface area (Å²) in [5.74, 6) is 6.50. The number of benzene rings is 1. The van der Waals surface area contributed by atoms with E-state index in [0.717, 1.165) is 11.1 Å². The predicted molar refractivity (Wildman–Crippen MR) is 110 cm³/mol. The maximum Gasteiger partial charge on any atom is 0.321 e. The minimum atomic E-state index is -1.02. The lowest BCUT2D eigenvalue weighted by Gasteiger charge is -2.27. The first-order valence-corrected chi connectivity index (χ1v) is 9.56. The molecule has 0 aliphatic carbocycles. The number of ether oxygens (including phenoxy) is 2. The molecule has 0 unspecified atom stereocenters. The molecule has 0 bridgehead atoms. The van der Waals surface area contributed by atoms with Gasteiger partial charge in [0.25, 0.3) is 0 Å². The summed E-state index contributed by atoms with van der Waals surface area (Å²) in [6, 6.07) is 6.05. The normalized spacial score (nSPS) is 15.5. The summed E-state index contributed by atoms with van der Waals surface area (Å²) in [5.41, 5.74) is 2.51. The number of hydrogen-bond acceptors (Lipinski definition) is 9. The van der Waals surface area contributed by atoms with E-state index in [1.54, 1.807) is 13.8 Å². The molecule has 0 amide bonds. The van der Waals surface area contributed by atoms with E-state index in [1.165, 1.54) is 5.56 Å². The lowest BCUT2D eigenvalue weighted by Crippen LogP contribution is -2.38. The zero-order valence-electron chi connectivity index (χ0n) is 17.3. The molecule has 0 radical (unpaired) electrons. The molecule has 29 heavy (non-hydrogen) atoms. The quantitative estimate of drug-likeness (QED) is 0.422. The number of hydrogen-bond donors (Lipinski definition) is 2. The van der Waals surface area contributed by atoms with Crippen LogP contribution >= 0.6 is 0 Å². The number of aliphatic hydroxyl groups is 1. The van der Waals surface area contributed by atoms with Crippen molar-refractivity contribution in [3.63, 3.8) is 0 Å². The van der Waals surface area contributed by atoms with E-state index in [1.807, 2.05) is 36.9 Å². The average Bonchev–Trinajstić information content (AvgIpc) is 2.70. The number of morpholine rings is 1. The van der Waals surface area contributed by atoms with Gasteiger partial charge in [-0.15, -0.1) is 0 Å². The first-order valence-electron chi connectivity index (χ1n) is 9.56. The Kier molecular flexibility index (Phi) is 6.29. The van der Waals surface area contributed by atoms with Crippen LogP contribution in [0.25, 0.3) is 0 Å². The largest absolute Gasteiger partial charge is 0.460 e. The minimum absolute atomic E-state index is 0.0394. The highest BCUT2D eigenvalue weighted by molar-refractivity contribution is 6.10. The summed E-state index contributed by atoms with van der Waals surface area (Å²) >= 11 is 0. The lowest BCUT2D eigenvalue weighted by atomic mass is 10.0. The number of aromatic nitrogens is 3. The van der Waals surface area contributed by atoms with Gasteiger partial charge in [-0.05, 0) is 44.9 Å². The Hall–Kier alpha value is -2.78. The molecule has 1 saturated heterocycles. The third kappa shape index (κ3) is 5.39. The number of nitrogens with zero attached hydrogens (tertiary/aromatic N) is 5. The van der Waals surface area contributed by atoms with Gasteiger partial charge in [0.05, 0.1) is 18.8 Å². The van der Waals surface area contributed by atoms with Gasteiger partial charge >= 0.3 is 6.01 Å². The number of hydrazone groups is 1. The second-order valence-electron chi connectivity index (χ2n) is 7.72. The van der Waals surface area contributed by atoms with Gasteiger partial charge in [0.15, 0.2) is 5.82 Å². The highest BCUT2D eigenvalue weighted by Gasteiger charge is 2.22. The fourth-order valence-corrected chi connectivity index (χ4v) is 2.81. The van der Waals surface area contributed by atoms with Gasteiger partial charge < -0.3 is 25.3 Å². The van der Waals surface area contributed by atoms with Gasteiger partial charge in [0, 0.05) is 18.7 Å². The monoisotopic (exact) mass is 400 g/mol. The molecule has 9 heteroatoms. The molecule has 9 nitrogen and oxygen atoms in total. The van der Waals surface area contributed by atoms with Crippen molar-refractivity contribution >= 4 is 11.7 Å². The van der Waals surface area contributed by atoms with Crippen molar-refractivity contribution in [2.75, 3.05) is 37.8 Å². The third-order valence-corrected chi connectivity index (χ3v) is 4.57. The SMILES string of the molecule is Cc1ccc(C(=NN)c2nc(OCC(C)(C)O)nc(N3CCOCC3)n2)cc1C. The Morgan fingerprint density at radius 1 is 1.21 bits per heavy atom. The number of nitrogens with two attached hydrogens (primary N) is 1. The van der Waals surface area contributed by atoms with E-state index in [0.29, 0.717) is 43.8 Å². The van der Waals surface area contributed by atoms with Crippen molar-refractivity contribution in [2.45, 2.75) is 33.3 Å². The maximum atomic E-state index is 9.99. The molecular weight excluding hydrogens is 372 g/mol. The van der Waals surface area contributed by atoms with Crippen LogP contribution in [0.1, 0.15) is 36.4 Å². The summed E-state index contributed by atoms with van der Waals surface area (Å²) < 4.78 is 11.1. The van der Waals surface area contributed by atoms with Crippen molar-refractivity contribution in [1.82, 2.24) is 15.0 Å². The summed E-state index contributed by atoms with van der Waals surface area (Å²) in [4.78, 5) is 15.4. The van der Waals surface area contributed by atoms with Crippen molar-refractivity contribution in [1.29, 1.82) is 0 Å². The Labute approximate surface area is 170 Å². The van der Waals surface area contributed by atoms with Gasteiger partial charge in [-0.3, -0.25) is 0 Å². The molecule has 2 aromatic rings. The first kappa shape index (κ1) is 20.9. The highest BCUT2D eigenvalue weighted by atomic mass is 16.5. The van der Waals surface area contributed by atoms with Crippen LogP contribution in [-0.4, -0.2) is 64.3 Å². The van der Waals surface area contributed by atoms with Crippen molar-refractivity contribution in [3.05, 3.63) is 40.7 Å². The average molecular weight is 400 g/mol. The molecule has 1 aliphatic rings. The molecule has 3 N–H and O–H groups in total. The van der Waals surface area contributed by atoms with Crippen LogP contribution in [0.2, 0.25) is 0 Å². The predicted octanol–water partition coefficient (Wildman–Crippen LogP) is 1.19. The van der Waals surface area contributed by atoms with Crippen LogP contribution in [0.15, 0.2) is 23.3 Å². The van der Waals surface area contributed by atoms with E-state index < -0.39 is 5.60 Å². The Morgan fingerprint density at radius 3 is 2.55 bits per heavy atom. The maximum absolute atomic E-state index is 9.99. The zero-order valence-corrected chi connectivity index (χ0v) is 17.3. The highest BCUT2D eigenvalue weighted by Crippen LogP contribution is 2.19. The summed E-state index contributed by atoms with van der Waals surface area (Å²) in [5, 5.41) is 13.9. The zero-order chi connectivity index (χ0) is 21.0. The van der Waals surface area contributed by atoms with E-state index >= 15 is 0 Å². The van der Waals surface area contributed by atoms with Gasteiger partial charge in [-0.1, -0.05) is 12.1 Å². The third-order valence-electron chi connectivity index (χ3n) is 4.57. The Morgan fingerprint density at radius 2 is 1.93 bits per heavy atom. The number of anilines is 1. The molecule has 0 atom stereocenters. The number of rotatable bonds is 6. The van der Waals surface area contributed by atoms with E-state index in [9.17, 15) is 5.11 Å². The van der Waals surface area contributed by atoms with Gasteiger partial charge in [0.1, 0.15) is 12.3 Å². The van der Waals surface area contributed by atoms with Gasteiger partial charge in [-0.2, -0.15) is 20.1 Å². The second-order valence-corrected chi connectivity index (χ2v) is 7.72. The molecule has 2 heterocycles. The topological polar surface area (TPSA) is 119 Å². The van der Waals surface area contributed by atoms with Crippen LogP contribution < -0.4 is 15.5 Å². The van der Waals surface area contributed by atoms with E-state index in [4.69, 9.17) is 15.3 Å². The van der Waals surface area contributed by atoms with Crippen LogP contribution in [-0.2, 0) is 4.74 Å². The lowest BCUT2D eigenvalue weighted by molar-refractivity contribution is 0.0249. The Balaban J connectivity index is 2.01. The minimum Gasteiger partial charge on any atom is -0.460 e. The first-order chi connectivity index (χ1) is 13.8. The van der Waals surface area contributed by atoms with Crippen LogP contribution in [0, 0.1) is 13.8 Å². The second kappa shape index (κ2) is 8.71. The van der Waals surface area contributed by atoms with Crippen LogP contribution in [0.3, 0.4) is 0 Å². The van der Waals surface area contributed by atoms with Crippen molar-refractivity contribution in [3.8, 4) is 6.01 Å². The van der Waals surface area contributed by atoms with Gasteiger partial charge in [0.2, 0.25) is 5.95 Å². The molecule has 1 aromatic heterocycles. The van der Waals surface area contributed by atoms with Crippen LogP contribution in [0.4, 0.5) is 5.95 Å². The van der Waals surface area contributed by atoms with E-state index in [2.05, 4.69) is 20.1 Å². The molecular formula is C20H28N6O3. The smallest absolute Gasteiger partial charge is 0.321 e. The summed E-state index contributed by atoms with van der Waals surface area (Å²) in [6.07, 6.45) is 0. The fourth-order valence-electron chi connectivity index (χ4n) is 2.81. The molecule has 1 fully saturated rings.